The number of hydrogen-bond donors (Lipinski definition) is 1. The normalized spacial score (nSPS) is 14.8. The molecule has 1 N–H and O–H groups in total. The zero-order valence-corrected chi connectivity index (χ0v) is 20.1. The Morgan fingerprint density at radius 3 is 2.36 bits per heavy atom. The highest BCUT2D eigenvalue weighted by Gasteiger charge is 2.30. The molecule has 4 rings (SSSR count). The summed E-state index contributed by atoms with van der Waals surface area (Å²) < 4.78 is 33.5. The summed E-state index contributed by atoms with van der Waals surface area (Å²) in [5, 5.41) is 3.19. The van der Waals surface area contributed by atoms with E-state index in [4.69, 9.17) is 4.74 Å². The van der Waals surface area contributed by atoms with Crippen molar-refractivity contribution in [1.82, 2.24) is 19.3 Å². The summed E-state index contributed by atoms with van der Waals surface area (Å²) in [7, 11) is -2.02. The molecule has 3 aromatic rings. The minimum Gasteiger partial charge on any atom is -0.496 e. The third-order valence-corrected chi connectivity index (χ3v) is 7.66. The summed E-state index contributed by atoms with van der Waals surface area (Å²) >= 11 is 0. The van der Waals surface area contributed by atoms with Gasteiger partial charge in [-0.3, -0.25) is 0 Å². The van der Waals surface area contributed by atoms with Crippen LogP contribution in [0.1, 0.15) is 17.0 Å². The minimum absolute atomic E-state index is 0.328. The van der Waals surface area contributed by atoms with Crippen LogP contribution in [-0.2, 0) is 10.0 Å². The van der Waals surface area contributed by atoms with Crippen LogP contribution in [0.4, 0.5) is 17.5 Å². The fourth-order valence-corrected chi connectivity index (χ4v) is 5.62. The second-order valence-electron chi connectivity index (χ2n) is 7.98. The number of benzene rings is 1. The maximum Gasteiger partial charge on any atom is 0.243 e. The van der Waals surface area contributed by atoms with E-state index in [1.165, 1.54) is 0 Å². The van der Waals surface area contributed by atoms with Gasteiger partial charge in [-0.1, -0.05) is 6.07 Å². The van der Waals surface area contributed by atoms with Gasteiger partial charge in [0.25, 0.3) is 0 Å². The molecule has 1 saturated heterocycles. The average molecular weight is 469 g/mol. The van der Waals surface area contributed by atoms with E-state index in [9.17, 15) is 8.42 Å². The number of ether oxygens (including phenoxy) is 1. The standard InChI is InChI=1S/C23H28N6O3S/c1-16-14-20(17(2)13-19(16)32-4)33(30,31)29-11-9-28(10-12-29)23-15-22(25-18(3)26-23)27-21-7-5-6-8-24-21/h5-8,13-15H,9-12H2,1-4H3,(H,24,25,26,27). The largest absolute Gasteiger partial charge is 0.496 e. The van der Waals surface area contributed by atoms with E-state index in [-0.39, 0.29) is 0 Å². The zero-order chi connectivity index (χ0) is 23.6. The molecular formula is C23H28N6O3S. The molecule has 0 radical (unpaired) electrons. The van der Waals surface area contributed by atoms with Gasteiger partial charge in [0.15, 0.2) is 0 Å². The van der Waals surface area contributed by atoms with Crippen molar-refractivity contribution < 1.29 is 13.2 Å². The molecule has 174 valence electrons. The van der Waals surface area contributed by atoms with E-state index in [1.807, 2.05) is 38.1 Å². The number of anilines is 3. The highest BCUT2D eigenvalue weighted by Crippen LogP contribution is 2.29. The molecule has 1 aliphatic rings. The Balaban J connectivity index is 1.49. The monoisotopic (exact) mass is 468 g/mol. The van der Waals surface area contributed by atoms with Crippen molar-refractivity contribution in [2.75, 3.05) is 43.5 Å². The van der Waals surface area contributed by atoms with Gasteiger partial charge in [-0.05, 0) is 56.2 Å². The van der Waals surface area contributed by atoms with Gasteiger partial charge < -0.3 is 15.0 Å². The molecule has 1 aliphatic heterocycles. The first-order valence-corrected chi connectivity index (χ1v) is 12.2. The molecule has 3 heterocycles. The van der Waals surface area contributed by atoms with E-state index < -0.39 is 10.0 Å². The summed E-state index contributed by atoms with van der Waals surface area (Å²) in [6, 6.07) is 10.9. The first-order valence-electron chi connectivity index (χ1n) is 10.7. The Morgan fingerprint density at radius 1 is 0.939 bits per heavy atom. The summed E-state index contributed by atoms with van der Waals surface area (Å²) in [6.07, 6.45) is 1.71. The average Bonchev–Trinajstić information content (AvgIpc) is 2.80. The number of rotatable bonds is 6. The number of piperazine rings is 1. The SMILES string of the molecule is COc1cc(C)c(S(=O)(=O)N2CCN(c3cc(Nc4ccccn4)nc(C)n3)CC2)cc1C. The number of nitrogens with one attached hydrogen (secondary N) is 1. The van der Waals surface area contributed by atoms with E-state index in [1.54, 1.807) is 36.7 Å². The lowest BCUT2D eigenvalue weighted by Gasteiger charge is -2.35. The molecule has 2 aromatic heterocycles. The van der Waals surface area contributed by atoms with Crippen molar-refractivity contribution in [3.05, 3.63) is 59.5 Å². The lowest BCUT2D eigenvalue weighted by molar-refractivity contribution is 0.383. The zero-order valence-electron chi connectivity index (χ0n) is 19.2. The molecule has 1 aromatic carbocycles. The molecule has 0 amide bonds. The van der Waals surface area contributed by atoms with Gasteiger partial charge in [-0.15, -0.1) is 0 Å². The molecular weight excluding hydrogens is 440 g/mol. The molecule has 0 saturated carbocycles. The van der Waals surface area contributed by atoms with Crippen LogP contribution in [0.2, 0.25) is 0 Å². The van der Waals surface area contributed by atoms with Gasteiger partial charge in [0.1, 0.15) is 29.0 Å². The summed E-state index contributed by atoms with van der Waals surface area (Å²) in [4.78, 5) is 15.7. The molecule has 0 atom stereocenters. The Labute approximate surface area is 194 Å². The second kappa shape index (κ2) is 9.32. The molecule has 9 nitrogen and oxygen atoms in total. The summed E-state index contributed by atoms with van der Waals surface area (Å²) in [5.41, 5.74) is 1.47. The van der Waals surface area contributed by atoms with E-state index in [0.29, 0.717) is 59.8 Å². The van der Waals surface area contributed by atoms with Gasteiger partial charge in [0.2, 0.25) is 10.0 Å². The van der Waals surface area contributed by atoms with Crippen LogP contribution in [0, 0.1) is 20.8 Å². The third-order valence-electron chi connectivity index (χ3n) is 5.62. The number of methoxy groups -OCH3 is 1. The number of aryl methyl sites for hydroxylation is 3. The molecule has 1 fully saturated rings. The first-order chi connectivity index (χ1) is 15.8. The van der Waals surface area contributed by atoms with Crippen molar-refractivity contribution in [3.8, 4) is 5.75 Å². The Bertz CT molecular complexity index is 1240. The van der Waals surface area contributed by atoms with E-state index in [0.717, 1.165) is 11.4 Å². The highest BCUT2D eigenvalue weighted by molar-refractivity contribution is 7.89. The van der Waals surface area contributed by atoms with Crippen LogP contribution in [0.3, 0.4) is 0 Å². The smallest absolute Gasteiger partial charge is 0.243 e. The maximum atomic E-state index is 13.3. The van der Waals surface area contributed by atoms with E-state index in [2.05, 4.69) is 25.2 Å². The van der Waals surface area contributed by atoms with Crippen molar-refractivity contribution in [1.29, 1.82) is 0 Å². The van der Waals surface area contributed by atoms with Crippen LogP contribution in [-0.4, -0.2) is 61.0 Å². The quantitative estimate of drug-likeness (QED) is 0.589. The lowest BCUT2D eigenvalue weighted by Crippen LogP contribution is -2.49. The topological polar surface area (TPSA) is 101 Å². The fourth-order valence-electron chi connectivity index (χ4n) is 3.90. The number of aromatic nitrogens is 3. The van der Waals surface area contributed by atoms with Gasteiger partial charge in [-0.2, -0.15) is 4.31 Å². The predicted octanol–water partition coefficient (Wildman–Crippen LogP) is 3.06. The molecule has 0 unspecified atom stereocenters. The van der Waals surface area contributed by atoms with Crippen molar-refractivity contribution in [2.45, 2.75) is 25.7 Å². The van der Waals surface area contributed by atoms with Crippen molar-refractivity contribution in [2.24, 2.45) is 0 Å². The van der Waals surface area contributed by atoms with Gasteiger partial charge in [-0.25, -0.2) is 23.4 Å². The third kappa shape index (κ3) is 4.91. The number of hydrogen-bond acceptors (Lipinski definition) is 8. The van der Waals surface area contributed by atoms with Crippen molar-refractivity contribution in [3.63, 3.8) is 0 Å². The van der Waals surface area contributed by atoms with Gasteiger partial charge in [0, 0.05) is 38.4 Å². The van der Waals surface area contributed by atoms with Gasteiger partial charge >= 0.3 is 0 Å². The Morgan fingerprint density at radius 2 is 1.70 bits per heavy atom. The maximum absolute atomic E-state index is 13.3. The Kier molecular flexibility index (Phi) is 6.48. The lowest BCUT2D eigenvalue weighted by atomic mass is 10.1. The second-order valence-corrected chi connectivity index (χ2v) is 9.88. The summed E-state index contributed by atoms with van der Waals surface area (Å²) in [5.74, 6) is 3.42. The number of nitrogens with zero attached hydrogens (tertiary/aromatic N) is 5. The van der Waals surface area contributed by atoms with Crippen LogP contribution < -0.4 is 15.0 Å². The number of sulfonamides is 1. The molecule has 0 spiro atoms. The van der Waals surface area contributed by atoms with Crippen LogP contribution >= 0.6 is 0 Å². The Hall–Kier alpha value is -3.24. The van der Waals surface area contributed by atoms with Crippen molar-refractivity contribution >= 4 is 27.5 Å². The van der Waals surface area contributed by atoms with Gasteiger partial charge in [0.05, 0.1) is 12.0 Å². The van der Waals surface area contributed by atoms with Crippen LogP contribution in [0.5, 0.6) is 5.75 Å². The first kappa shape index (κ1) is 22.9. The predicted molar refractivity (Wildman–Crippen MR) is 128 cm³/mol. The molecule has 10 heteroatoms. The number of pyridine rings is 1. The molecule has 0 bridgehead atoms. The van der Waals surface area contributed by atoms with Crippen LogP contribution in [0.15, 0.2) is 47.5 Å². The van der Waals surface area contributed by atoms with Crippen LogP contribution in [0.25, 0.3) is 0 Å². The van der Waals surface area contributed by atoms with E-state index >= 15 is 0 Å². The fraction of sp³-hybridized carbons (Fsp3) is 0.348. The molecule has 33 heavy (non-hydrogen) atoms. The highest BCUT2D eigenvalue weighted by atomic mass is 32.2. The summed E-state index contributed by atoms with van der Waals surface area (Å²) in [6.45, 7) is 7.30. The minimum atomic E-state index is -3.61. The molecule has 0 aliphatic carbocycles.